The minimum absolute atomic E-state index is 0.761. The second kappa shape index (κ2) is 8.09. The van der Waals surface area contributed by atoms with Gasteiger partial charge in [-0.05, 0) is 75.4 Å². The maximum absolute atomic E-state index is 6.15. The second-order valence-electron chi connectivity index (χ2n) is 5.21. The van der Waals surface area contributed by atoms with Crippen molar-refractivity contribution in [2.24, 2.45) is 0 Å². The molecule has 0 bridgehead atoms. The summed E-state index contributed by atoms with van der Waals surface area (Å²) in [5.41, 5.74) is 1.35. The number of rotatable bonds is 6. The summed E-state index contributed by atoms with van der Waals surface area (Å²) >= 11 is 13.8. The minimum Gasteiger partial charge on any atom is -0.309 e. The van der Waals surface area contributed by atoms with Gasteiger partial charge in [-0.2, -0.15) is 0 Å². The normalized spacial score (nSPS) is 11.1. The van der Waals surface area contributed by atoms with E-state index in [1.165, 1.54) is 15.4 Å². The zero-order valence-corrected chi connectivity index (χ0v) is 14.6. The number of benzene rings is 2. The molecule has 0 aliphatic heterocycles. The first-order valence-corrected chi connectivity index (χ1v) is 8.48. The van der Waals surface area contributed by atoms with Crippen LogP contribution < -0.4 is 0 Å². The molecule has 1 nitrogen and oxygen atoms in total. The topological polar surface area (TPSA) is 3.24 Å². The van der Waals surface area contributed by atoms with Gasteiger partial charge in [0.05, 0.1) is 0 Å². The first kappa shape index (κ1) is 16.7. The van der Waals surface area contributed by atoms with Crippen LogP contribution in [0, 0.1) is 0 Å². The van der Waals surface area contributed by atoms with Gasteiger partial charge in [0.2, 0.25) is 0 Å². The van der Waals surface area contributed by atoms with Gasteiger partial charge in [0.1, 0.15) is 0 Å². The van der Waals surface area contributed by atoms with E-state index in [2.05, 4.69) is 25.1 Å². The van der Waals surface area contributed by atoms with Gasteiger partial charge in [-0.1, -0.05) is 41.0 Å². The Balaban J connectivity index is 2.12. The van der Waals surface area contributed by atoms with Gasteiger partial charge in [-0.15, -0.1) is 0 Å². The lowest BCUT2D eigenvalue weighted by atomic mass is 10.1. The van der Waals surface area contributed by atoms with Crippen molar-refractivity contribution in [2.75, 3.05) is 20.6 Å². The lowest BCUT2D eigenvalue weighted by molar-refractivity contribution is 0.400. The van der Waals surface area contributed by atoms with Crippen LogP contribution in [-0.4, -0.2) is 25.5 Å². The molecule has 0 radical (unpaired) electrons. The molecular formula is C17H19Cl2NS. The number of hydrogen-bond acceptors (Lipinski definition) is 2. The van der Waals surface area contributed by atoms with E-state index in [1.807, 2.05) is 36.4 Å². The highest BCUT2D eigenvalue weighted by Gasteiger charge is 2.06. The predicted molar refractivity (Wildman–Crippen MR) is 93.9 cm³/mol. The molecule has 0 fully saturated rings. The Bertz CT molecular complexity index is 582. The summed E-state index contributed by atoms with van der Waals surface area (Å²) in [6.45, 7) is 1.09. The van der Waals surface area contributed by atoms with Crippen LogP contribution in [0.4, 0.5) is 0 Å². The molecule has 2 aromatic rings. The summed E-state index contributed by atoms with van der Waals surface area (Å²) in [6, 6.07) is 14.1. The SMILES string of the molecule is CN(C)CCCc1ccc(Cl)cc1Sc1ccc(Cl)cc1. The number of aryl methyl sites for hydroxylation is 1. The summed E-state index contributed by atoms with van der Waals surface area (Å²) < 4.78 is 0. The van der Waals surface area contributed by atoms with E-state index >= 15 is 0 Å². The van der Waals surface area contributed by atoms with E-state index in [4.69, 9.17) is 23.2 Å². The third kappa shape index (κ3) is 5.55. The first-order valence-electron chi connectivity index (χ1n) is 6.91. The third-order valence-electron chi connectivity index (χ3n) is 3.12. The van der Waals surface area contributed by atoms with Crippen molar-refractivity contribution < 1.29 is 0 Å². The number of nitrogens with zero attached hydrogens (tertiary/aromatic N) is 1. The molecule has 2 aromatic carbocycles. The molecule has 4 heteroatoms. The largest absolute Gasteiger partial charge is 0.309 e. The van der Waals surface area contributed by atoms with Crippen LogP contribution in [-0.2, 0) is 6.42 Å². The van der Waals surface area contributed by atoms with Gasteiger partial charge in [-0.3, -0.25) is 0 Å². The van der Waals surface area contributed by atoms with E-state index in [9.17, 15) is 0 Å². The highest BCUT2D eigenvalue weighted by atomic mass is 35.5. The summed E-state index contributed by atoms with van der Waals surface area (Å²) in [5, 5.41) is 1.54. The van der Waals surface area contributed by atoms with E-state index < -0.39 is 0 Å². The van der Waals surface area contributed by atoms with Crippen LogP contribution in [0.2, 0.25) is 10.0 Å². The summed E-state index contributed by atoms with van der Waals surface area (Å²) in [7, 11) is 4.20. The fourth-order valence-electron chi connectivity index (χ4n) is 2.05. The lowest BCUT2D eigenvalue weighted by Crippen LogP contribution is -2.13. The lowest BCUT2D eigenvalue weighted by Gasteiger charge is -2.12. The summed E-state index contributed by atoms with van der Waals surface area (Å²) in [6.07, 6.45) is 2.20. The maximum Gasteiger partial charge on any atom is 0.0417 e. The van der Waals surface area contributed by atoms with Gasteiger partial charge >= 0.3 is 0 Å². The Labute approximate surface area is 141 Å². The molecule has 0 aromatic heterocycles. The molecule has 0 unspecified atom stereocenters. The van der Waals surface area contributed by atoms with E-state index in [0.29, 0.717) is 0 Å². The highest BCUT2D eigenvalue weighted by molar-refractivity contribution is 7.99. The van der Waals surface area contributed by atoms with Crippen molar-refractivity contribution in [1.29, 1.82) is 0 Å². The molecule has 0 spiro atoms. The monoisotopic (exact) mass is 339 g/mol. The van der Waals surface area contributed by atoms with Crippen LogP contribution >= 0.6 is 35.0 Å². The van der Waals surface area contributed by atoms with Crippen molar-refractivity contribution in [3.8, 4) is 0 Å². The number of halogens is 2. The molecular weight excluding hydrogens is 321 g/mol. The van der Waals surface area contributed by atoms with Gasteiger partial charge < -0.3 is 4.90 Å². The molecule has 0 amide bonds. The highest BCUT2D eigenvalue weighted by Crippen LogP contribution is 2.33. The molecule has 2 rings (SSSR count). The Morgan fingerprint density at radius 2 is 1.62 bits per heavy atom. The number of hydrogen-bond donors (Lipinski definition) is 0. The molecule has 0 N–H and O–H groups in total. The summed E-state index contributed by atoms with van der Waals surface area (Å²) in [4.78, 5) is 4.61. The van der Waals surface area contributed by atoms with E-state index in [-0.39, 0.29) is 0 Å². The van der Waals surface area contributed by atoms with Gasteiger partial charge in [0.15, 0.2) is 0 Å². The predicted octanol–water partition coefficient (Wildman–Crippen LogP) is 5.64. The van der Waals surface area contributed by atoms with Gasteiger partial charge in [0.25, 0.3) is 0 Å². The maximum atomic E-state index is 6.15. The minimum atomic E-state index is 0.761. The molecule has 0 atom stereocenters. The van der Waals surface area contributed by atoms with Crippen molar-refractivity contribution in [3.63, 3.8) is 0 Å². The van der Waals surface area contributed by atoms with Gasteiger partial charge in [0, 0.05) is 19.8 Å². The summed E-state index contributed by atoms with van der Waals surface area (Å²) in [5.74, 6) is 0. The molecule has 0 saturated carbocycles. The Morgan fingerprint density at radius 1 is 0.952 bits per heavy atom. The van der Waals surface area contributed by atoms with Crippen LogP contribution in [0.15, 0.2) is 52.3 Å². The Morgan fingerprint density at radius 3 is 2.29 bits per heavy atom. The van der Waals surface area contributed by atoms with Crippen molar-refractivity contribution in [2.45, 2.75) is 22.6 Å². The molecule has 0 saturated heterocycles. The van der Waals surface area contributed by atoms with Gasteiger partial charge in [-0.25, -0.2) is 0 Å². The quantitative estimate of drug-likeness (QED) is 0.669. The first-order chi connectivity index (χ1) is 10.0. The van der Waals surface area contributed by atoms with Crippen LogP contribution in [0.5, 0.6) is 0 Å². The van der Waals surface area contributed by atoms with Crippen molar-refractivity contribution in [1.82, 2.24) is 4.90 Å². The molecule has 112 valence electrons. The van der Waals surface area contributed by atoms with Crippen molar-refractivity contribution >= 4 is 35.0 Å². The average Bonchev–Trinajstić information content (AvgIpc) is 2.43. The van der Waals surface area contributed by atoms with Crippen LogP contribution in [0.1, 0.15) is 12.0 Å². The Kier molecular flexibility index (Phi) is 6.43. The molecule has 21 heavy (non-hydrogen) atoms. The second-order valence-corrected chi connectivity index (χ2v) is 7.20. The fourth-order valence-corrected chi connectivity index (χ4v) is 3.42. The molecule has 0 aliphatic rings. The van der Waals surface area contributed by atoms with Crippen molar-refractivity contribution in [3.05, 3.63) is 58.1 Å². The molecule has 0 heterocycles. The van der Waals surface area contributed by atoms with Crippen LogP contribution in [0.3, 0.4) is 0 Å². The Hall–Kier alpha value is -0.670. The van der Waals surface area contributed by atoms with E-state index in [1.54, 1.807) is 11.8 Å². The van der Waals surface area contributed by atoms with E-state index in [0.717, 1.165) is 29.4 Å². The van der Waals surface area contributed by atoms with Crippen LogP contribution in [0.25, 0.3) is 0 Å². The zero-order chi connectivity index (χ0) is 15.2. The third-order valence-corrected chi connectivity index (χ3v) is 4.72. The standard InChI is InChI=1S/C17H19Cl2NS/c1-20(2)11-3-4-13-5-6-15(19)12-17(13)21-16-9-7-14(18)8-10-16/h5-10,12H,3-4,11H2,1-2H3. The smallest absolute Gasteiger partial charge is 0.0417 e. The zero-order valence-electron chi connectivity index (χ0n) is 12.3. The average molecular weight is 340 g/mol. The fraction of sp³-hybridized carbons (Fsp3) is 0.294. The molecule has 0 aliphatic carbocycles.